The van der Waals surface area contributed by atoms with Crippen molar-refractivity contribution in [2.24, 2.45) is 5.92 Å². The Balaban J connectivity index is 1.32. The number of carbonyl (C=O) groups excluding carboxylic acids is 2. The molecule has 42 heavy (non-hydrogen) atoms. The van der Waals surface area contributed by atoms with Crippen LogP contribution in [0.25, 0.3) is 10.9 Å². The Kier molecular flexibility index (Phi) is 10.0. The molecule has 3 aromatic carbocycles. The third kappa shape index (κ3) is 8.44. The van der Waals surface area contributed by atoms with Crippen LogP contribution < -0.4 is 10.1 Å². The quantitative estimate of drug-likeness (QED) is 0.162. The first-order valence-electron chi connectivity index (χ1n) is 14.2. The number of hydrogen-bond acceptors (Lipinski definition) is 4. The van der Waals surface area contributed by atoms with Crippen molar-refractivity contribution in [3.05, 3.63) is 89.1 Å². The minimum atomic E-state index is -4.47. The van der Waals surface area contributed by atoms with Gasteiger partial charge in [-0.25, -0.2) is 0 Å². The Morgan fingerprint density at radius 1 is 0.952 bits per heavy atom. The van der Waals surface area contributed by atoms with Gasteiger partial charge in [-0.05, 0) is 93.1 Å². The Morgan fingerprint density at radius 2 is 1.62 bits per heavy atom. The summed E-state index contributed by atoms with van der Waals surface area (Å²) in [6.07, 6.45) is 1.38. The molecule has 0 radical (unpaired) electrons. The smallest absolute Gasteiger partial charge is 0.405 e. The second-order valence-corrected chi connectivity index (χ2v) is 10.7. The highest BCUT2D eigenvalue weighted by atomic mass is 19.4. The Bertz CT molecular complexity index is 1510. The molecule has 6 nitrogen and oxygen atoms in total. The molecule has 1 heterocycles. The van der Waals surface area contributed by atoms with Crippen LogP contribution in [0.1, 0.15) is 70.9 Å². The highest BCUT2D eigenvalue weighted by molar-refractivity contribution is 6.00. The normalized spacial score (nSPS) is 12.3. The molecule has 1 N–H and O–H groups in total. The van der Waals surface area contributed by atoms with Gasteiger partial charge in [0.25, 0.3) is 5.91 Å². The zero-order chi connectivity index (χ0) is 30.3. The van der Waals surface area contributed by atoms with Gasteiger partial charge in [-0.15, -0.1) is 0 Å². The van der Waals surface area contributed by atoms with Gasteiger partial charge in [0.05, 0.1) is 5.52 Å². The average Bonchev–Trinajstić information content (AvgIpc) is 3.37. The molecule has 222 valence electrons. The van der Waals surface area contributed by atoms with E-state index in [9.17, 15) is 22.8 Å². The summed E-state index contributed by atoms with van der Waals surface area (Å²) in [7, 11) is 0. The second kappa shape index (κ2) is 13.7. The van der Waals surface area contributed by atoms with E-state index in [1.807, 2.05) is 59.5 Å². The average molecular weight is 580 g/mol. The van der Waals surface area contributed by atoms with Crippen LogP contribution in [-0.4, -0.2) is 34.2 Å². The van der Waals surface area contributed by atoms with Gasteiger partial charge in [-0.3, -0.25) is 14.3 Å². The number of benzene rings is 3. The van der Waals surface area contributed by atoms with E-state index in [1.165, 1.54) is 6.07 Å². The summed E-state index contributed by atoms with van der Waals surface area (Å²) in [4.78, 5) is 25.2. The van der Waals surface area contributed by atoms with Crippen molar-refractivity contribution in [3.8, 4) is 11.5 Å². The van der Waals surface area contributed by atoms with Crippen molar-refractivity contribution in [1.82, 2.24) is 15.1 Å². The highest BCUT2D eigenvalue weighted by Gasteiger charge is 2.28. The Hall–Kier alpha value is -4.14. The summed E-state index contributed by atoms with van der Waals surface area (Å²) >= 11 is 0. The number of fused-ring (bicyclic) bond motifs is 1. The van der Waals surface area contributed by atoms with Crippen LogP contribution in [-0.2, 0) is 6.54 Å². The van der Waals surface area contributed by atoms with E-state index in [0.717, 1.165) is 42.4 Å². The molecule has 9 heteroatoms. The van der Waals surface area contributed by atoms with Gasteiger partial charge >= 0.3 is 6.18 Å². The largest absolute Gasteiger partial charge is 0.457 e. The van der Waals surface area contributed by atoms with Crippen molar-refractivity contribution < 1.29 is 27.5 Å². The van der Waals surface area contributed by atoms with E-state index in [2.05, 4.69) is 12.0 Å². The fraction of sp³-hybridized carbons (Fsp3) is 0.364. The number of nitrogens with zero attached hydrogens (tertiary/aromatic N) is 2. The van der Waals surface area contributed by atoms with Crippen molar-refractivity contribution in [1.29, 1.82) is 0 Å². The molecule has 0 saturated heterocycles. The fourth-order valence-corrected chi connectivity index (χ4v) is 5.04. The van der Waals surface area contributed by atoms with Crippen molar-refractivity contribution in [2.75, 3.05) is 6.54 Å². The van der Waals surface area contributed by atoms with Gasteiger partial charge in [-0.2, -0.15) is 18.3 Å². The fourth-order valence-electron chi connectivity index (χ4n) is 5.04. The number of ketones is 1. The number of nitrogens with one attached hydrogen (secondary N) is 1. The van der Waals surface area contributed by atoms with E-state index in [1.54, 1.807) is 25.1 Å². The number of aryl methyl sites for hydroxylation is 2. The van der Waals surface area contributed by atoms with Crippen LogP contribution in [0.15, 0.2) is 66.9 Å². The van der Waals surface area contributed by atoms with E-state index in [-0.39, 0.29) is 11.3 Å². The lowest BCUT2D eigenvalue weighted by molar-refractivity contribution is -0.123. The third-order valence-electron chi connectivity index (χ3n) is 7.29. The molecule has 4 aromatic rings. The highest BCUT2D eigenvalue weighted by Crippen LogP contribution is 2.25. The topological polar surface area (TPSA) is 73.2 Å². The maximum absolute atomic E-state index is 12.8. The van der Waals surface area contributed by atoms with Crippen LogP contribution in [0.5, 0.6) is 11.5 Å². The first-order chi connectivity index (χ1) is 20.0. The number of hydrogen-bond donors (Lipinski definition) is 1. The molecular formula is C33H36F3N3O3. The zero-order valence-corrected chi connectivity index (χ0v) is 24.1. The summed E-state index contributed by atoms with van der Waals surface area (Å²) in [5.74, 6) is 1.05. The summed E-state index contributed by atoms with van der Waals surface area (Å²) < 4.78 is 45.3. The molecule has 1 atom stereocenters. The van der Waals surface area contributed by atoms with E-state index in [4.69, 9.17) is 4.74 Å². The van der Waals surface area contributed by atoms with Gasteiger partial charge in [0.2, 0.25) is 0 Å². The van der Waals surface area contributed by atoms with Crippen molar-refractivity contribution in [2.45, 2.75) is 65.6 Å². The first-order valence-corrected chi connectivity index (χ1v) is 14.2. The molecule has 0 aliphatic heterocycles. The van der Waals surface area contributed by atoms with Crippen molar-refractivity contribution in [3.63, 3.8) is 0 Å². The molecule has 0 saturated carbocycles. The molecule has 1 unspecified atom stereocenters. The minimum Gasteiger partial charge on any atom is -0.457 e. The lowest BCUT2D eigenvalue weighted by Crippen LogP contribution is -2.34. The molecule has 4 rings (SSSR count). The SMILES string of the molecule is CCCC(CCCC(=O)c1ccc(Oc2ccc(C)cc2)cc1)Cn1cc2c(C)c(C(=O)NCC(F)(F)F)ccc2n1. The minimum absolute atomic E-state index is 0.0870. The molecule has 1 amide bonds. The number of amides is 1. The predicted octanol–water partition coefficient (Wildman–Crippen LogP) is 8.21. The maximum Gasteiger partial charge on any atom is 0.405 e. The molecule has 1 aromatic heterocycles. The van der Waals surface area contributed by atoms with Gasteiger partial charge in [0.1, 0.15) is 18.0 Å². The lowest BCUT2D eigenvalue weighted by atomic mass is 9.95. The summed E-state index contributed by atoms with van der Waals surface area (Å²) in [6.45, 7) is 5.12. The maximum atomic E-state index is 12.8. The molecule has 0 fully saturated rings. The van der Waals surface area contributed by atoms with E-state index >= 15 is 0 Å². The van der Waals surface area contributed by atoms with Gasteiger partial charge in [0, 0.05) is 35.7 Å². The third-order valence-corrected chi connectivity index (χ3v) is 7.29. The van der Waals surface area contributed by atoms with Crippen LogP contribution in [0.2, 0.25) is 0 Å². The Labute approximate surface area is 243 Å². The number of ether oxygens (including phenoxy) is 1. The lowest BCUT2D eigenvalue weighted by Gasteiger charge is -2.16. The van der Waals surface area contributed by atoms with Crippen molar-refractivity contribution >= 4 is 22.6 Å². The number of alkyl halides is 3. The van der Waals surface area contributed by atoms with Gasteiger partial charge in [0.15, 0.2) is 5.78 Å². The summed E-state index contributed by atoms with van der Waals surface area (Å²) in [6, 6.07) is 18.2. The first kappa shape index (κ1) is 30.8. The Morgan fingerprint density at radius 3 is 2.26 bits per heavy atom. The van der Waals surface area contributed by atoms with Crippen LogP contribution in [0.3, 0.4) is 0 Å². The van der Waals surface area contributed by atoms with Crippen LogP contribution in [0.4, 0.5) is 13.2 Å². The number of halogens is 3. The molecule has 0 aliphatic carbocycles. The zero-order valence-electron chi connectivity index (χ0n) is 24.1. The van der Waals surface area contributed by atoms with Gasteiger partial charge < -0.3 is 10.1 Å². The van der Waals surface area contributed by atoms with Crippen LogP contribution in [0, 0.1) is 19.8 Å². The number of Topliss-reactive ketones (excluding diaryl/α,β-unsaturated/α-hetero) is 1. The van der Waals surface area contributed by atoms with E-state index in [0.29, 0.717) is 41.3 Å². The molecule has 0 bridgehead atoms. The molecular weight excluding hydrogens is 543 g/mol. The second-order valence-electron chi connectivity index (χ2n) is 10.7. The van der Waals surface area contributed by atoms with Gasteiger partial charge in [-0.1, -0.05) is 31.0 Å². The predicted molar refractivity (Wildman–Crippen MR) is 157 cm³/mol. The number of rotatable bonds is 13. The number of aromatic nitrogens is 2. The number of carbonyl (C=O) groups is 2. The summed E-state index contributed by atoms with van der Waals surface area (Å²) in [5.41, 5.74) is 3.28. The molecule has 0 aliphatic rings. The summed E-state index contributed by atoms with van der Waals surface area (Å²) in [5, 5.41) is 7.31. The van der Waals surface area contributed by atoms with E-state index < -0.39 is 18.6 Å². The molecule has 0 spiro atoms. The van der Waals surface area contributed by atoms with Crippen LogP contribution >= 0.6 is 0 Å². The monoisotopic (exact) mass is 579 g/mol. The standard InChI is InChI=1S/C33H36F3N3O3/c1-4-6-24(7-5-8-31(40)25-11-15-27(16-12-25)42-26-13-9-22(2)10-14-26)19-39-20-29-23(3)28(17-18-30(29)38-39)32(41)37-21-33(34,35)36/h9-18,20,24H,4-8,19,21H2,1-3H3,(H,37,41).